The van der Waals surface area contributed by atoms with Gasteiger partial charge in [0.2, 0.25) is 0 Å². The highest BCUT2D eigenvalue weighted by molar-refractivity contribution is 5.23. The topological polar surface area (TPSA) is 18.5 Å². The maximum atomic E-state index is 5.12. The van der Waals surface area contributed by atoms with Crippen molar-refractivity contribution in [1.29, 1.82) is 0 Å². The summed E-state index contributed by atoms with van der Waals surface area (Å²) >= 11 is 0. The van der Waals surface area contributed by atoms with Gasteiger partial charge in [0.15, 0.2) is 6.29 Å². The number of methoxy groups -OCH3 is 2. The van der Waals surface area contributed by atoms with Crippen LogP contribution in [0.5, 0.6) is 0 Å². The van der Waals surface area contributed by atoms with E-state index in [4.69, 9.17) is 9.47 Å². The fraction of sp³-hybridized carbons (Fsp3) is 0.400. The second-order valence-corrected chi connectivity index (χ2v) is 2.72. The number of rotatable bonds is 3. The summed E-state index contributed by atoms with van der Waals surface area (Å²) in [7, 11) is 3.27. The third kappa shape index (κ3) is 2.06. The van der Waals surface area contributed by atoms with Crippen LogP contribution in [0.25, 0.3) is 0 Å². The molecule has 12 heavy (non-hydrogen) atoms. The highest BCUT2D eigenvalue weighted by atomic mass is 16.7. The highest BCUT2D eigenvalue weighted by Crippen LogP contribution is 2.17. The smallest absolute Gasteiger partial charge is 0.183 e. The molecule has 0 unspecified atom stereocenters. The van der Waals surface area contributed by atoms with Crippen LogP contribution >= 0.6 is 0 Å². The predicted molar refractivity (Wildman–Crippen MR) is 47.9 cm³/mol. The van der Waals surface area contributed by atoms with Crippen molar-refractivity contribution in [3.05, 3.63) is 35.4 Å². The minimum Gasteiger partial charge on any atom is -0.352 e. The number of hydrogen-bond acceptors (Lipinski definition) is 2. The van der Waals surface area contributed by atoms with Crippen LogP contribution in [0.1, 0.15) is 17.4 Å². The maximum Gasteiger partial charge on any atom is 0.183 e. The molecular weight excluding hydrogens is 152 g/mol. The Bertz CT molecular complexity index is 241. The molecule has 0 bridgehead atoms. The first-order valence-electron chi connectivity index (χ1n) is 3.90. The van der Waals surface area contributed by atoms with Gasteiger partial charge in [0.1, 0.15) is 0 Å². The van der Waals surface area contributed by atoms with Crippen molar-refractivity contribution in [3.8, 4) is 0 Å². The van der Waals surface area contributed by atoms with E-state index in [1.165, 1.54) is 5.56 Å². The lowest BCUT2D eigenvalue weighted by molar-refractivity contribution is -0.106. The number of aryl methyl sites for hydroxylation is 1. The van der Waals surface area contributed by atoms with Crippen molar-refractivity contribution in [3.63, 3.8) is 0 Å². The third-order valence-electron chi connectivity index (χ3n) is 1.74. The molecular formula is C10H14O2. The fourth-order valence-corrected chi connectivity index (χ4v) is 1.19. The van der Waals surface area contributed by atoms with E-state index in [9.17, 15) is 0 Å². The molecule has 0 heterocycles. The normalized spacial score (nSPS) is 10.7. The largest absolute Gasteiger partial charge is 0.352 e. The summed E-state index contributed by atoms with van der Waals surface area (Å²) in [6.45, 7) is 2.05. The Hall–Kier alpha value is -0.860. The predicted octanol–water partition coefficient (Wildman–Crippen LogP) is 2.29. The standard InChI is InChI=1S/C10H14O2/c1-8-5-4-6-9(7-8)10(11-2)12-3/h4-7,10H,1-3H3. The molecule has 0 spiro atoms. The van der Waals surface area contributed by atoms with Crippen LogP contribution in [0.3, 0.4) is 0 Å². The lowest BCUT2D eigenvalue weighted by atomic mass is 10.1. The van der Waals surface area contributed by atoms with Gasteiger partial charge in [-0.1, -0.05) is 29.8 Å². The third-order valence-corrected chi connectivity index (χ3v) is 1.74. The lowest BCUT2D eigenvalue weighted by Crippen LogP contribution is -2.03. The van der Waals surface area contributed by atoms with Gasteiger partial charge >= 0.3 is 0 Å². The van der Waals surface area contributed by atoms with E-state index in [0.717, 1.165) is 5.56 Å². The molecule has 2 nitrogen and oxygen atoms in total. The van der Waals surface area contributed by atoms with Crippen molar-refractivity contribution in [2.24, 2.45) is 0 Å². The van der Waals surface area contributed by atoms with Crippen molar-refractivity contribution >= 4 is 0 Å². The van der Waals surface area contributed by atoms with Crippen LogP contribution in [0.15, 0.2) is 24.3 Å². The van der Waals surface area contributed by atoms with Crippen molar-refractivity contribution < 1.29 is 9.47 Å². The molecule has 1 aromatic rings. The summed E-state index contributed by atoms with van der Waals surface area (Å²) in [5.74, 6) is 0. The van der Waals surface area contributed by atoms with Gasteiger partial charge in [-0.15, -0.1) is 0 Å². The fourth-order valence-electron chi connectivity index (χ4n) is 1.19. The minimum absolute atomic E-state index is 0.245. The van der Waals surface area contributed by atoms with E-state index in [0.29, 0.717) is 0 Å². The molecule has 2 heteroatoms. The van der Waals surface area contributed by atoms with Gasteiger partial charge in [-0.25, -0.2) is 0 Å². The summed E-state index contributed by atoms with van der Waals surface area (Å²) in [5.41, 5.74) is 2.27. The molecule has 0 aliphatic carbocycles. The SMILES string of the molecule is COC(OC)c1cccc(C)c1. The zero-order valence-electron chi connectivity index (χ0n) is 7.70. The zero-order valence-corrected chi connectivity index (χ0v) is 7.70. The highest BCUT2D eigenvalue weighted by Gasteiger charge is 2.07. The van der Waals surface area contributed by atoms with Gasteiger partial charge in [0.05, 0.1) is 0 Å². The molecule has 0 fully saturated rings. The monoisotopic (exact) mass is 166 g/mol. The summed E-state index contributed by atoms with van der Waals surface area (Å²) < 4.78 is 10.2. The van der Waals surface area contributed by atoms with Crippen molar-refractivity contribution in [2.75, 3.05) is 14.2 Å². The van der Waals surface area contributed by atoms with Gasteiger partial charge in [-0.2, -0.15) is 0 Å². The van der Waals surface area contributed by atoms with Crippen LogP contribution in [0, 0.1) is 6.92 Å². The molecule has 0 saturated carbocycles. The Morgan fingerprint density at radius 2 is 1.83 bits per heavy atom. The van der Waals surface area contributed by atoms with Crippen LogP contribution in [0.2, 0.25) is 0 Å². The Morgan fingerprint density at radius 3 is 2.33 bits per heavy atom. The van der Waals surface area contributed by atoms with Crippen LogP contribution < -0.4 is 0 Å². The zero-order chi connectivity index (χ0) is 8.97. The van der Waals surface area contributed by atoms with Crippen molar-refractivity contribution in [1.82, 2.24) is 0 Å². The first-order valence-corrected chi connectivity index (χ1v) is 3.90. The summed E-state index contributed by atoms with van der Waals surface area (Å²) in [6, 6.07) is 8.09. The summed E-state index contributed by atoms with van der Waals surface area (Å²) in [6.07, 6.45) is -0.245. The first kappa shape index (κ1) is 9.23. The van der Waals surface area contributed by atoms with E-state index >= 15 is 0 Å². The van der Waals surface area contributed by atoms with Crippen LogP contribution in [0.4, 0.5) is 0 Å². The molecule has 0 atom stereocenters. The summed E-state index contributed by atoms with van der Waals surface area (Å²) in [5, 5.41) is 0. The Kier molecular flexibility index (Phi) is 3.26. The van der Waals surface area contributed by atoms with Gasteiger partial charge in [0.25, 0.3) is 0 Å². The molecule has 0 amide bonds. The lowest BCUT2D eigenvalue weighted by Gasteiger charge is -2.13. The quantitative estimate of drug-likeness (QED) is 0.641. The van der Waals surface area contributed by atoms with Gasteiger partial charge in [-0.05, 0) is 6.92 Å². The summed E-state index contributed by atoms with van der Waals surface area (Å²) in [4.78, 5) is 0. The first-order chi connectivity index (χ1) is 5.77. The second-order valence-electron chi connectivity index (χ2n) is 2.72. The number of hydrogen-bond donors (Lipinski definition) is 0. The molecule has 0 aliphatic heterocycles. The van der Waals surface area contributed by atoms with Crippen LogP contribution in [-0.2, 0) is 9.47 Å². The van der Waals surface area contributed by atoms with E-state index < -0.39 is 0 Å². The van der Waals surface area contributed by atoms with E-state index in [1.807, 2.05) is 25.1 Å². The Labute approximate surface area is 73.1 Å². The maximum absolute atomic E-state index is 5.12. The molecule has 1 rings (SSSR count). The number of benzene rings is 1. The second kappa shape index (κ2) is 4.24. The molecule has 1 aromatic carbocycles. The molecule has 0 aromatic heterocycles. The van der Waals surface area contributed by atoms with E-state index in [1.54, 1.807) is 14.2 Å². The molecule has 0 N–H and O–H groups in total. The molecule has 66 valence electrons. The molecule has 0 saturated heterocycles. The van der Waals surface area contributed by atoms with E-state index in [-0.39, 0.29) is 6.29 Å². The van der Waals surface area contributed by atoms with Gasteiger partial charge < -0.3 is 9.47 Å². The number of ether oxygens (including phenoxy) is 2. The molecule has 0 aliphatic rings. The Morgan fingerprint density at radius 1 is 1.17 bits per heavy atom. The van der Waals surface area contributed by atoms with Gasteiger partial charge in [-0.3, -0.25) is 0 Å². The van der Waals surface area contributed by atoms with Crippen LogP contribution in [-0.4, -0.2) is 14.2 Å². The molecule has 0 radical (unpaired) electrons. The van der Waals surface area contributed by atoms with E-state index in [2.05, 4.69) is 6.07 Å². The minimum atomic E-state index is -0.245. The average Bonchev–Trinajstić information content (AvgIpc) is 2.07. The van der Waals surface area contributed by atoms with Crippen molar-refractivity contribution in [2.45, 2.75) is 13.2 Å². The van der Waals surface area contributed by atoms with Gasteiger partial charge in [0, 0.05) is 19.8 Å². The average molecular weight is 166 g/mol. The Balaban J connectivity index is 2.85.